The number of aliphatic hydroxyl groups is 1. The zero-order valence-corrected chi connectivity index (χ0v) is 9.37. The molecule has 1 aromatic heterocycles. The Kier molecular flexibility index (Phi) is 3.69. The molecule has 1 fully saturated rings. The SMILES string of the molecule is NCC(O)c1nc(C2CCOCC2)cs1. The van der Waals surface area contributed by atoms with Crippen LogP contribution in [0.3, 0.4) is 0 Å². The van der Waals surface area contributed by atoms with Crippen LogP contribution in [0.2, 0.25) is 0 Å². The molecule has 1 aromatic rings. The van der Waals surface area contributed by atoms with Crippen molar-refractivity contribution in [2.75, 3.05) is 19.8 Å². The van der Waals surface area contributed by atoms with E-state index in [0.717, 1.165) is 36.8 Å². The zero-order valence-electron chi connectivity index (χ0n) is 8.56. The lowest BCUT2D eigenvalue weighted by molar-refractivity contribution is 0.0845. The maximum atomic E-state index is 9.54. The highest BCUT2D eigenvalue weighted by molar-refractivity contribution is 7.09. The van der Waals surface area contributed by atoms with Gasteiger partial charge in [0.05, 0.1) is 5.69 Å². The third-order valence-electron chi connectivity index (χ3n) is 2.69. The number of rotatable bonds is 3. The minimum atomic E-state index is -0.608. The Bertz CT molecular complexity index is 310. The normalized spacial score (nSPS) is 20.4. The fourth-order valence-corrected chi connectivity index (χ4v) is 2.63. The molecule has 1 unspecified atom stereocenters. The van der Waals surface area contributed by atoms with E-state index in [9.17, 15) is 5.11 Å². The Morgan fingerprint density at radius 1 is 1.60 bits per heavy atom. The molecule has 0 radical (unpaired) electrons. The van der Waals surface area contributed by atoms with Crippen LogP contribution >= 0.6 is 11.3 Å². The molecule has 1 atom stereocenters. The number of ether oxygens (including phenoxy) is 1. The van der Waals surface area contributed by atoms with E-state index in [4.69, 9.17) is 10.5 Å². The van der Waals surface area contributed by atoms with Crippen LogP contribution < -0.4 is 5.73 Å². The summed E-state index contributed by atoms with van der Waals surface area (Å²) < 4.78 is 5.30. The van der Waals surface area contributed by atoms with E-state index in [-0.39, 0.29) is 6.54 Å². The first-order valence-corrected chi connectivity index (χ1v) is 6.10. The highest BCUT2D eigenvalue weighted by Crippen LogP contribution is 2.29. The fraction of sp³-hybridized carbons (Fsp3) is 0.700. The summed E-state index contributed by atoms with van der Waals surface area (Å²) in [4.78, 5) is 4.44. The van der Waals surface area contributed by atoms with Crippen LogP contribution in [0, 0.1) is 0 Å². The van der Waals surface area contributed by atoms with Crippen LogP contribution in [0.4, 0.5) is 0 Å². The molecule has 0 saturated carbocycles. The number of nitrogens with two attached hydrogens (primary N) is 1. The Labute approximate surface area is 93.1 Å². The number of aliphatic hydroxyl groups excluding tert-OH is 1. The molecule has 0 bridgehead atoms. The van der Waals surface area contributed by atoms with Gasteiger partial charge in [-0.1, -0.05) is 0 Å². The number of nitrogens with zero attached hydrogens (tertiary/aromatic N) is 1. The summed E-state index contributed by atoms with van der Waals surface area (Å²) in [6.45, 7) is 1.87. The molecule has 3 N–H and O–H groups in total. The van der Waals surface area contributed by atoms with Crippen molar-refractivity contribution < 1.29 is 9.84 Å². The second-order valence-electron chi connectivity index (χ2n) is 3.75. The Morgan fingerprint density at radius 3 is 3.00 bits per heavy atom. The molecule has 0 aromatic carbocycles. The highest BCUT2D eigenvalue weighted by Gasteiger charge is 2.20. The molecule has 1 aliphatic heterocycles. The molecular formula is C10H16N2O2S. The summed E-state index contributed by atoms with van der Waals surface area (Å²) in [6.07, 6.45) is 1.45. The van der Waals surface area contributed by atoms with Gasteiger partial charge >= 0.3 is 0 Å². The van der Waals surface area contributed by atoms with E-state index in [0.29, 0.717) is 5.92 Å². The first-order valence-electron chi connectivity index (χ1n) is 5.22. The first kappa shape index (κ1) is 11.0. The second kappa shape index (κ2) is 5.03. The van der Waals surface area contributed by atoms with Gasteiger partial charge < -0.3 is 15.6 Å². The van der Waals surface area contributed by atoms with Gasteiger partial charge in [0.1, 0.15) is 11.1 Å². The minimum absolute atomic E-state index is 0.237. The van der Waals surface area contributed by atoms with E-state index in [2.05, 4.69) is 4.98 Å². The van der Waals surface area contributed by atoms with Crippen molar-refractivity contribution in [3.05, 3.63) is 16.1 Å². The average molecular weight is 228 g/mol. The summed E-state index contributed by atoms with van der Waals surface area (Å²) in [7, 11) is 0. The van der Waals surface area contributed by atoms with Crippen molar-refractivity contribution in [1.29, 1.82) is 0 Å². The molecule has 1 saturated heterocycles. The van der Waals surface area contributed by atoms with Gasteiger partial charge in [0, 0.05) is 31.1 Å². The van der Waals surface area contributed by atoms with Crippen molar-refractivity contribution in [3.8, 4) is 0 Å². The smallest absolute Gasteiger partial charge is 0.123 e. The maximum absolute atomic E-state index is 9.54. The molecule has 2 heterocycles. The number of hydrogen-bond donors (Lipinski definition) is 2. The van der Waals surface area contributed by atoms with E-state index >= 15 is 0 Å². The predicted octanol–water partition coefficient (Wildman–Crippen LogP) is 1.03. The Balaban J connectivity index is 2.05. The molecule has 2 rings (SSSR count). The maximum Gasteiger partial charge on any atom is 0.123 e. The van der Waals surface area contributed by atoms with Crippen molar-refractivity contribution in [2.24, 2.45) is 5.73 Å². The lowest BCUT2D eigenvalue weighted by Crippen LogP contribution is -2.15. The van der Waals surface area contributed by atoms with Gasteiger partial charge in [0.15, 0.2) is 0 Å². The summed E-state index contributed by atoms with van der Waals surface area (Å²) in [5.41, 5.74) is 6.48. The largest absolute Gasteiger partial charge is 0.385 e. The van der Waals surface area contributed by atoms with E-state index < -0.39 is 6.10 Å². The lowest BCUT2D eigenvalue weighted by Gasteiger charge is -2.20. The van der Waals surface area contributed by atoms with E-state index in [1.807, 2.05) is 5.38 Å². The van der Waals surface area contributed by atoms with Gasteiger partial charge in [-0.3, -0.25) is 0 Å². The predicted molar refractivity (Wildman–Crippen MR) is 58.9 cm³/mol. The summed E-state index contributed by atoms with van der Waals surface area (Å²) in [5, 5.41) is 12.3. The number of thiazole rings is 1. The van der Waals surface area contributed by atoms with Crippen molar-refractivity contribution in [1.82, 2.24) is 4.98 Å². The van der Waals surface area contributed by atoms with Crippen molar-refractivity contribution in [2.45, 2.75) is 24.9 Å². The van der Waals surface area contributed by atoms with Crippen LogP contribution in [-0.4, -0.2) is 29.8 Å². The Morgan fingerprint density at radius 2 is 2.33 bits per heavy atom. The van der Waals surface area contributed by atoms with Crippen LogP contribution in [0.1, 0.15) is 35.6 Å². The summed E-state index contributed by atoms with van der Waals surface area (Å²) in [5.74, 6) is 0.494. The lowest BCUT2D eigenvalue weighted by atomic mass is 9.97. The third-order valence-corrected chi connectivity index (χ3v) is 3.65. The summed E-state index contributed by atoms with van der Waals surface area (Å²) >= 11 is 1.49. The third kappa shape index (κ3) is 2.55. The van der Waals surface area contributed by atoms with E-state index in [1.165, 1.54) is 11.3 Å². The molecule has 0 aliphatic carbocycles. The molecular weight excluding hydrogens is 212 g/mol. The molecule has 5 heteroatoms. The zero-order chi connectivity index (χ0) is 10.7. The number of hydrogen-bond acceptors (Lipinski definition) is 5. The molecule has 0 spiro atoms. The van der Waals surface area contributed by atoms with Crippen molar-refractivity contribution >= 4 is 11.3 Å². The molecule has 15 heavy (non-hydrogen) atoms. The van der Waals surface area contributed by atoms with Crippen LogP contribution in [-0.2, 0) is 4.74 Å². The van der Waals surface area contributed by atoms with Crippen molar-refractivity contribution in [3.63, 3.8) is 0 Å². The second-order valence-corrected chi connectivity index (χ2v) is 4.64. The Hall–Kier alpha value is -0.490. The summed E-state index contributed by atoms with van der Waals surface area (Å²) in [6, 6.07) is 0. The first-order chi connectivity index (χ1) is 7.31. The van der Waals surface area contributed by atoms with Gasteiger partial charge in [-0.2, -0.15) is 0 Å². The molecule has 84 valence electrons. The van der Waals surface area contributed by atoms with Gasteiger partial charge in [0.2, 0.25) is 0 Å². The van der Waals surface area contributed by atoms with Crippen LogP contribution in [0.15, 0.2) is 5.38 Å². The molecule has 4 nitrogen and oxygen atoms in total. The van der Waals surface area contributed by atoms with Gasteiger partial charge in [0.25, 0.3) is 0 Å². The quantitative estimate of drug-likeness (QED) is 0.810. The number of aromatic nitrogens is 1. The molecule has 1 aliphatic rings. The van der Waals surface area contributed by atoms with Crippen LogP contribution in [0.5, 0.6) is 0 Å². The minimum Gasteiger partial charge on any atom is -0.385 e. The van der Waals surface area contributed by atoms with Crippen LogP contribution in [0.25, 0.3) is 0 Å². The topological polar surface area (TPSA) is 68.4 Å². The highest BCUT2D eigenvalue weighted by atomic mass is 32.1. The molecule has 0 amide bonds. The van der Waals surface area contributed by atoms with Gasteiger partial charge in [-0.15, -0.1) is 11.3 Å². The standard InChI is InChI=1S/C10H16N2O2S/c11-5-9(13)10-12-8(6-15-10)7-1-3-14-4-2-7/h6-7,9,13H,1-5,11H2. The fourth-order valence-electron chi connectivity index (χ4n) is 1.74. The van der Waals surface area contributed by atoms with Gasteiger partial charge in [-0.25, -0.2) is 4.98 Å². The van der Waals surface area contributed by atoms with Gasteiger partial charge in [-0.05, 0) is 12.8 Å². The van der Waals surface area contributed by atoms with E-state index in [1.54, 1.807) is 0 Å². The monoisotopic (exact) mass is 228 g/mol. The average Bonchev–Trinajstić information content (AvgIpc) is 2.78.